The Morgan fingerprint density at radius 1 is 1.17 bits per heavy atom. The standard InChI is InChI=1S/C22H29N5S.HI/c1-3-23-22(26(2)15-12-20-10-7-17-28-20)25-13-11-21-24-14-16-27(21)18-19-8-5-4-6-9-19;/h4-10,14,16-17H,3,11-13,15,18H2,1-2H3,(H,23,25);1H. The minimum Gasteiger partial charge on any atom is -0.357 e. The van der Waals surface area contributed by atoms with E-state index in [1.807, 2.05) is 29.8 Å². The lowest BCUT2D eigenvalue weighted by atomic mass is 10.2. The molecule has 156 valence electrons. The van der Waals surface area contributed by atoms with Crippen molar-refractivity contribution in [1.29, 1.82) is 0 Å². The molecule has 2 aromatic heterocycles. The Morgan fingerprint density at radius 2 is 2.00 bits per heavy atom. The molecule has 0 saturated heterocycles. The smallest absolute Gasteiger partial charge is 0.193 e. The van der Waals surface area contributed by atoms with Crippen LogP contribution in [0.2, 0.25) is 0 Å². The number of likely N-dealkylation sites (N-methyl/N-ethyl adjacent to an activating group) is 1. The average Bonchev–Trinajstić information content (AvgIpc) is 3.38. The van der Waals surface area contributed by atoms with Gasteiger partial charge in [0.25, 0.3) is 0 Å². The number of benzene rings is 1. The Labute approximate surface area is 194 Å². The van der Waals surface area contributed by atoms with Gasteiger partial charge in [0.1, 0.15) is 5.82 Å². The zero-order valence-corrected chi connectivity index (χ0v) is 20.3. The van der Waals surface area contributed by atoms with E-state index in [9.17, 15) is 0 Å². The number of nitrogens with one attached hydrogen (secondary N) is 1. The fourth-order valence-corrected chi connectivity index (χ4v) is 3.76. The van der Waals surface area contributed by atoms with Crippen LogP contribution in [-0.2, 0) is 19.4 Å². The van der Waals surface area contributed by atoms with Crippen LogP contribution in [0.4, 0.5) is 0 Å². The van der Waals surface area contributed by atoms with Crippen molar-refractivity contribution in [2.45, 2.75) is 26.3 Å². The molecule has 5 nitrogen and oxygen atoms in total. The molecule has 3 aromatic rings. The normalized spacial score (nSPS) is 11.2. The van der Waals surface area contributed by atoms with Crippen LogP contribution in [0.1, 0.15) is 23.2 Å². The van der Waals surface area contributed by atoms with Gasteiger partial charge in [0, 0.05) is 56.9 Å². The summed E-state index contributed by atoms with van der Waals surface area (Å²) in [5.41, 5.74) is 1.28. The van der Waals surface area contributed by atoms with Gasteiger partial charge >= 0.3 is 0 Å². The molecular weight excluding hydrogens is 493 g/mol. The molecule has 7 heteroatoms. The second kappa shape index (κ2) is 12.6. The molecule has 3 rings (SSSR count). The predicted octanol–water partition coefficient (Wildman–Crippen LogP) is 4.29. The Hall–Kier alpha value is -1.87. The third kappa shape index (κ3) is 7.47. The van der Waals surface area contributed by atoms with Gasteiger partial charge in [0.2, 0.25) is 0 Å². The second-order valence-corrected chi connectivity index (χ2v) is 7.73. The third-order valence-electron chi connectivity index (χ3n) is 4.56. The first kappa shape index (κ1) is 23.4. The summed E-state index contributed by atoms with van der Waals surface area (Å²) in [4.78, 5) is 13.0. The second-order valence-electron chi connectivity index (χ2n) is 6.69. The SMILES string of the molecule is CCNC(=NCCc1nccn1Cc1ccccc1)N(C)CCc1cccs1.I. The van der Waals surface area contributed by atoms with E-state index >= 15 is 0 Å². The minimum atomic E-state index is 0. The summed E-state index contributed by atoms with van der Waals surface area (Å²) >= 11 is 1.81. The van der Waals surface area contributed by atoms with Crippen LogP contribution in [0, 0.1) is 0 Å². The lowest BCUT2D eigenvalue weighted by molar-refractivity contribution is 0.486. The minimum absolute atomic E-state index is 0. The molecule has 0 aliphatic heterocycles. The number of imidazole rings is 1. The number of rotatable bonds is 9. The van der Waals surface area contributed by atoms with Crippen molar-refractivity contribution in [3.8, 4) is 0 Å². The van der Waals surface area contributed by atoms with Gasteiger partial charge in [-0.1, -0.05) is 36.4 Å². The molecular formula is C22H30IN5S. The van der Waals surface area contributed by atoms with E-state index in [1.165, 1.54) is 10.4 Å². The maximum atomic E-state index is 4.82. The first-order valence-electron chi connectivity index (χ1n) is 9.82. The number of aliphatic imine (C=N–C) groups is 1. The highest BCUT2D eigenvalue weighted by Crippen LogP contribution is 2.10. The molecule has 0 aliphatic rings. The number of halogens is 1. The molecule has 1 N–H and O–H groups in total. The first-order valence-corrected chi connectivity index (χ1v) is 10.7. The van der Waals surface area contributed by atoms with E-state index in [4.69, 9.17) is 4.99 Å². The van der Waals surface area contributed by atoms with E-state index in [-0.39, 0.29) is 24.0 Å². The molecule has 29 heavy (non-hydrogen) atoms. The third-order valence-corrected chi connectivity index (χ3v) is 5.50. The summed E-state index contributed by atoms with van der Waals surface area (Å²) in [6, 6.07) is 14.8. The number of hydrogen-bond acceptors (Lipinski definition) is 3. The van der Waals surface area contributed by atoms with Gasteiger partial charge < -0.3 is 14.8 Å². The topological polar surface area (TPSA) is 45.5 Å². The molecule has 0 amide bonds. The number of thiophene rings is 1. The molecule has 1 aromatic carbocycles. The van der Waals surface area contributed by atoms with Crippen LogP contribution >= 0.6 is 35.3 Å². The predicted molar refractivity (Wildman–Crippen MR) is 134 cm³/mol. The van der Waals surface area contributed by atoms with E-state index in [1.54, 1.807) is 0 Å². The highest BCUT2D eigenvalue weighted by atomic mass is 127. The molecule has 0 saturated carbocycles. The Balaban J connectivity index is 0.00000300. The maximum Gasteiger partial charge on any atom is 0.193 e. The molecule has 0 aliphatic carbocycles. The van der Waals surface area contributed by atoms with Crippen molar-refractivity contribution < 1.29 is 0 Å². The van der Waals surface area contributed by atoms with Crippen LogP contribution in [0.3, 0.4) is 0 Å². The lowest BCUT2D eigenvalue weighted by Crippen LogP contribution is -2.40. The van der Waals surface area contributed by atoms with Crippen LogP contribution < -0.4 is 5.32 Å². The lowest BCUT2D eigenvalue weighted by Gasteiger charge is -2.21. The van der Waals surface area contributed by atoms with Crippen molar-refractivity contribution in [3.63, 3.8) is 0 Å². The number of guanidine groups is 1. The van der Waals surface area contributed by atoms with Gasteiger partial charge in [-0.3, -0.25) is 4.99 Å². The maximum absolute atomic E-state index is 4.82. The Kier molecular flexibility index (Phi) is 10.2. The van der Waals surface area contributed by atoms with E-state index in [2.05, 4.69) is 75.5 Å². The summed E-state index contributed by atoms with van der Waals surface area (Å²) in [7, 11) is 2.10. The largest absolute Gasteiger partial charge is 0.357 e. The van der Waals surface area contributed by atoms with Crippen molar-refractivity contribution in [2.75, 3.05) is 26.7 Å². The number of aromatic nitrogens is 2. The van der Waals surface area contributed by atoms with Crippen molar-refractivity contribution in [2.24, 2.45) is 4.99 Å². The summed E-state index contributed by atoms with van der Waals surface area (Å²) in [5, 5.41) is 5.53. The number of nitrogens with zero attached hydrogens (tertiary/aromatic N) is 4. The van der Waals surface area contributed by atoms with Gasteiger partial charge in [-0.2, -0.15) is 0 Å². The van der Waals surface area contributed by atoms with Crippen molar-refractivity contribution in [3.05, 3.63) is 76.5 Å². The zero-order valence-electron chi connectivity index (χ0n) is 17.1. The number of hydrogen-bond donors (Lipinski definition) is 1. The average molecular weight is 523 g/mol. The van der Waals surface area contributed by atoms with E-state index in [0.29, 0.717) is 0 Å². The van der Waals surface area contributed by atoms with Crippen LogP contribution in [-0.4, -0.2) is 47.1 Å². The van der Waals surface area contributed by atoms with Crippen molar-refractivity contribution >= 4 is 41.3 Å². The molecule has 0 radical (unpaired) electrons. The Bertz CT molecular complexity index is 845. The van der Waals surface area contributed by atoms with Crippen LogP contribution in [0.25, 0.3) is 0 Å². The fraction of sp³-hybridized carbons (Fsp3) is 0.364. The monoisotopic (exact) mass is 523 g/mol. The molecule has 0 spiro atoms. The highest BCUT2D eigenvalue weighted by molar-refractivity contribution is 14.0. The van der Waals surface area contributed by atoms with E-state index in [0.717, 1.165) is 50.8 Å². The summed E-state index contributed by atoms with van der Waals surface area (Å²) in [5.74, 6) is 2.03. The van der Waals surface area contributed by atoms with E-state index < -0.39 is 0 Å². The van der Waals surface area contributed by atoms with Crippen LogP contribution in [0.15, 0.2) is 65.2 Å². The first-order chi connectivity index (χ1) is 13.8. The van der Waals surface area contributed by atoms with Gasteiger partial charge in [0.05, 0.1) is 0 Å². The summed E-state index contributed by atoms with van der Waals surface area (Å²) in [6.45, 7) is 5.49. The van der Waals surface area contributed by atoms with Crippen LogP contribution in [0.5, 0.6) is 0 Å². The molecule has 0 fully saturated rings. The quantitative estimate of drug-likeness (QED) is 0.259. The summed E-state index contributed by atoms with van der Waals surface area (Å²) in [6.07, 6.45) is 5.79. The van der Waals surface area contributed by atoms with Gasteiger partial charge in [-0.25, -0.2) is 4.98 Å². The Morgan fingerprint density at radius 3 is 2.72 bits per heavy atom. The zero-order chi connectivity index (χ0) is 19.6. The van der Waals surface area contributed by atoms with Gasteiger partial charge in [-0.15, -0.1) is 35.3 Å². The molecule has 0 bridgehead atoms. The summed E-state index contributed by atoms with van der Waals surface area (Å²) < 4.78 is 2.21. The molecule has 2 heterocycles. The van der Waals surface area contributed by atoms with Gasteiger partial charge in [0.15, 0.2) is 5.96 Å². The van der Waals surface area contributed by atoms with Gasteiger partial charge in [-0.05, 0) is 30.4 Å². The highest BCUT2D eigenvalue weighted by Gasteiger charge is 2.07. The van der Waals surface area contributed by atoms with Crippen molar-refractivity contribution in [1.82, 2.24) is 19.8 Å². The molecule has 0 unspecified atom stereocenters. The fourth-order valence-electron chi connectivity index (χ4n) is 3.06. The molecule has 0 atom stereocenters.